The van der Waals surface area contributed by atoms with Gasteiger partial charge in [-0.15, -0.1) is 24.0 Å². The zero-order valence-electron chi connectivity index (χ0n) is 13.8. The molecule has 1 atom stereocenters. The van der Waals surface area contributed by atoms with Gasteiger partial charge in [0, 0.05) is 44.8 Å². The molecule has 1 aliphatic rings. The number of piperazine rings is 1. The molecule has 5 nitrogen and oxygen atoms in total. The second kappa shape index (κ2) is 9.32. The molecule has 0 aliphatic carbocycles. The summed E-state index contributed by atoms with van der Waals surface area (Å²) in [6.45, 7) is 4.36. The summed E-state index contributed by atoms with van der Waals surface area (Å²) in [5.74, 6) is 1.02. The van der Waals surface area contributed by atoms with Crippen LogP contribution < -0.4 is 5.32 Å². The van der Waals surface area contributed by atoms with Gasteiger partial charge >= 0.3 is 0 Å². The third kappa shape index (κ3) is 5.24. The van der Waals surface area contributed by atoms with Crippen LogP contribution in [0.1, 0.15) is 12.5 Å². The summed E-state index contributed by atoms with van der Waals surface area (Å²) in [4.78, 5) is 20.9. The van der Waals surface area contributed by atoms with Crippen LogP contribution in [0.4, 0.5) is 0 Å². The van der Waals surface area contributed by atoms with Gasteiger partial charge in [0.2, 0.25) is 5.91 Å². The first-order valence-corrected chi connectivity index (χ1v) is 7.86. The van der Waals surface area contributed by atoms with E-state index in [1.54, 1.807) is 7.05 Å². The highest BCUT2D eigenvalue weighted by Gasteiger charge is 2.28. The first kappa shape index (κ1) is 20.0. The molecule has 0 bridgehead atoms. The molecule has 7 heteroatoms. The molecule has 1 unspecified atom stereocenters. The maximum absolute atomic E-state index is 12.5. The molecule has 0 aromatic heterocycles. The number of aliphatic imine (C=N–C) groups is 1. The third-order valence-electron chi connectivity index (χ3n) is 3.93. The largest absolute Gasteiger partial charge is 0.359 e. The molecule has 1 amide bonds. The number of amides is 1. The van der Waals surface area contributed by atoms with Gasteiger partial charge in [0.1, 0.15) is 0 Å². The predicted molar refractivity (Wildman–Crippen MR) is 106 cm³/mol. The number of halogens is 2. The minimum atomic E-state index is 0. The lowest BCUT2D eigenvalue weighted by atomic mass is 10.1. The van der Waals surface area contributed by atoms with E-state index in [-0.39, 0.29) is 35.9 Å². The fraction of sp³-hybridized carbons (Fsp3) is 0.500. The minimum Gasteiger partial charge on any atom is -0.359 e. The molecule has 1 fully saturated rings. The Balaban J connectivity index is 0.00000264. The molecule has 23 heavy (non-hydrogen) atoms. The Labute approximate surface area is 160 Å². The molecule has 0 spiro atoms. The summed E-state index contributed by atoms with van der Waals surface area (Å²) in [6.07, 6.45) is 0.394. The van der Waals surface area contributed by atoms with Crippen molar-refractivity contribution in [2.24, 2.45) is 4.99 Å². The molecule has 0 saturated carbocycles. The summed E-state index contributed by atoms with van der Waals surface area (Å²) < 4.78 is 0. The van der Waals surface area contributed by atoms with E-state index in [0.717, 1.165) is 24.6 Å². The van der Waals surface area contributed by atoms with Gasteiger partial charge < -0.3 is 15.1 Å². The number of carbonyl (C=O) groups excluding carboxylic acids is 1. The van der Waals surface area contributed by atoms with E-state index < -0.39 is 0 Å². The van der Waals surface area contributed by atoms with Crippen LogP contribution in [-0.4, -0.2) is 61.4 Å². The molecule has 1 N–H and O–H groups in total. The fourth-order valence-corrected chi connectivity index (χ4v) is 3.07. The average Bonchev–Trinajstić information content (AvgIpc) is 2.48. The number of nitrogens with one attached hydrogen (secondary N) is 1. The van der Waals surface area contributed by atoms with Crippen molar-refractivity contribution in [1.82, 2.24) is 15.1 Å². The maximum atomic E-state index is 12.5. The van der Waals surface area contributed by atoms with Gasteiger partial charge in [0.25, 0.3) is 0 Å². The van der Waals surface area contributed by atoms with E-state index in [1.807, 2.05) is 36.2 Å². The van der Waals surface area contributed by atoms with E-state index in [0.29, 0.717) is 18.0 Å². The summed E-state index contributed by atoms with van der Waals surface area (Å²) in [7, 11) is 3.64. The second-order valence-electron chi connectivity index (χ2n) is 5.49. The number of hydrogen-bond donors (Lipinski definition) is 1. The zero-order valence-corrected chi connectivity index (χ0v) is 16.8. The van der Waals surface area contributed by atoms with Crippen LogP contribution >= 0.6 is 35.6 Å². The van der Waals surface area contributed by atoms with Gasteiger partial charge in [-0.3, -0.25) is 9.79 Å². The van der Waals surface area contributed by atoms with E-state index in [1.165, 1.54) is 0 Å². The SMILES string of the molecule is CN=C(NC)N1CCN(C(=O)Cc2cccc(Cl)c2)C(C)C1.I. The lowest BCUT2D eigenvalue weighted by molar-refractivity contribution is -0.134. The zero-order chi connectivity index (χ0) is 16.1. The highest BCUT2D eigenvalue weighted by Crippen LogP contribution is 2.15. The lowest BCUT2D eigenvalue weighted by Gasteiger charge is -2.41. The van der Waals surface area contributed by atoms with Crippen LogP contribution in [0.5, 0.6) is 0 Å². The molecular weight excluding hydrogens is 427 g/mol. The Hall–Kier alpha value is -1.02. The maximum Gasteiger partial charge on any atom is 0.227 e. The van der Waals surface area contributed by atoms with E-state index in [4.69, 9.17) is 11.6 Å². The van der Waals surface area contributed by atoms with Crippen molar-refractivity contribution in [2.75, 3.05) is 33.7 Å². The minimum absolute atomic E-state index is 0. The quantitative estimate of drug-likeness (QED) is 0.427. The van der Waals surface area contributed by atoms with E-state index >= 15 is 0 Å². The highest BCUT2D eigenvalue weighted by atomic mass is 127. The van der Waals surface area contributed by atoms with Gasteiger partial charge in [-0.2, -0.15) is 0 Å². The molecule has 1 saturated heterocycles. The lowest BCUT2D eigenvalue weighted by Crippen LogP contribution is -2.57. The summed E-state index contributed by atoms with van der Waals surface area (Å²) in [5, 5.41) is 3.76. The van der Waals surface area contributed by atoms with Gasteiger partial charge in [-0.1, -0.05) is 23.7 Å². The number of guanidine groups is 1. The van der Waals surface area contributed by atoms with Crippen molar-refractivity contribution >= 4 is 47.4 Å². The van der Waals surface area contributed by atoms with Crippen molar-refractivity contribution in [3.63, 3.8) is 0 Å². The van der Waals surface area contributed by atoms with E-state index in [2.05, 4.69) is 22.1 Å². The number of benzene rings is 1. The Bertz CT molecular complexity index is 567. The number of rotatable bonds is 2. The Morgan fingerprint density at radius 3 is 2.74 bits per heavy atom. The van der Waals surface area contributed by atoms with Crippen molar-refractivity contribution in [1.29, 1.82) is 0 Å². The Morgan fingerprint density at radius 2 is 2.17 bits per heavy atom. The standard InChI is InChI=1S/C16H23ClN4O.HI/c1-12-11-20(16(18-2)19-3)7-8-21(12)15(22)10-13-5-4-6-14(17)9-13;/h4-6,9,12H,7-8,10-11H2,1-3H3,(H,18,19);1H. The first-order valence-electron chi connectivity index (χ1n) is 7.48. The number of hydrogen-bond acceptors (Lipinski definition) is 2. The van der Waals surface area contributed by atoms with Gasteiger partial charge in [-0.25, -0.2) is 0 Å². The van der Waals surface area contributed by atoms with Gasteiger partial charge in [-0.05, 0) is 24.6 Å². The van der Waals surface area contributed by atoms with Gasteiger partial charge in [0.05, 0.1) is 6.42 Å². The fourth-order valence-electron chi connectivity index (χ4n) is 2.85. The van der Waals surface area contributed by atoms with Crippen LogP contribution in [0.2, 0.25) is 5.02 Å². The Kier molecular flexibility index (Phi) is 8.11. The topological polar surface area (TPSA) is 47.9 Å². The Morgan fingerprint density at radius 1 is 1.43 bits per heavy atom. The van der Waals surface area contributed by atoms with Crippen molar-refractivity contribution in [3.8, 4) is 0 Å². The first-order chi connectivity index (χ1) is 10.5. The summed E-state index contributed by atoms with van der Waals surface area (Å²) in [6, 6.07) is 7.64. The summed E-state index contributed by atoms with van der Waals surface area (Å²) in [5.41, 5.74) is 0.957. The van der Waals surface area contributed by atoms with Crippen LogP contribution in [0.15, 0.2) is 29.3 Å². The predicted octanol–water partition coefficient (Wildman–Crippen LogP) is 2.24. The number of nitrogens with zero attached hydrogens (tertiary/aromatic N) is 3. The van der Waals surface area contributed by atoms with Crippen molar-refractivity contribution in [2.45, 2.75) is 19.4 Å². The molecule has 128 valence electrons. The molecule has 0 radical (unpaired) electrons. The van der Waals surface area contributed by atoms with Crippen LogP contribution in [0.25, 0.3) is 0 Å². The smallest absolute Gasteiger partial charge is 0.227 e. The molecule has 1 heterocycles. The molecule has 1 aromatic carbocycles. The average molecular weight is 451 g/mol. The monoisotopic (exact) mass is 450 g/mol. The molecule has 1 aromatic rings. The van der Waals surface area contributed by atoms with Crippen LogP contribution in [0, 0.1) is 0 Å². The summed E-state index contributed by atoms with van der Waals surface area (Å²) >= 11 is 5.98. The second-order valence-corrected chi connectivity index (χ2v) is 5.92. The number of carbonyl (C=O) groups is 1. The van der Waals surface area contributed by atoms with Crippen LogP contribution in [-0.2, 0) is 11.2 Å². The molecular formula is C16H24ClIN4O. The molecule has 1 aliphatic heterocycles. The highest BCUT2D eigenvalue weighted by molar-refractivity contribution is 14.0. The normalized spacial score (nSPS) is 18.4. The van der Waals surface area contributed by atoms with Crippen molar-refractivity contribution < 1.29 is 4.79 Å². The van der Waals surface area contributed by atoms with Gasteiger partial charge in [0.15, 0.2) is 5.96 Å². The third-order valence-corrected chi connectivity index (χ3v) is 4.16. The molecule has 2 rings (SSSR count). The van der Waals surface area contributed by atoms with Crippen molar-refractivity contribution in [3.05, 3.63) is 34.9 Å². The van der Waals surface area contributed by atoms with Crippen LogP contribution in [0.3, 0.4) is 0 Å². The van der Waals surface area contributed by atoms with E-state index in [9.17, 15) is 4.79 Å².